The number of rotatable bonds is 3. The average molecular weight is 340 g/mol. The van der Waals surface area contributed by atoms with Crippen molar-refractivity contribution in [3.63, 3.8) is 0 Å². The fraction of sp³-hybridized carbons (Fsp3) is 0.286. The van der Waals surface area contributed by atoms with Gasteiger partial charge in [-0.25, -0.2) is 9.18 Å². The first-order valence-corrected chi connectivity index (χ1v) is 8.61. The first kappa shape index (κ1) is 17.2. The lowest BCUT2D eigenvalue weighted by Gasteiger charge is -2.16. The Morgan fingerprint density at radius 3 is 1.96 bits per heavy atom. The number of carboxylic acid groups (broad SMARTS) is 1. The van der Waals surface area contributed by atoms with Crippen molar-refractivity contribution in [1.29, 1.82) is 0 Å². The first-order valence-electron chi connectivity index (χ1n) is 8.61. The average Bonchev–Trinajstić information content (AvgIpc) is 2.88. The predicted molar refractivity (Wildman–Crippen MR) is 95.2 cm³/mol. The van der Waals surface area contributed by atoms with Gasteiger partial charge in [0.25, 0.3) is 0 Å². The quantitative estimate of drug-likeness (QED) is 0.737. The Bertz CT molecular complexity index is 796. The van der Waals surface area contributed by atoms with Gasteiger partial charge in [0.05, 0.1) is 5.56 Å². The third-order valence-corrected chi connectivity index (χ3v) is 4.72. The number of aromatic hydroxyl groups is 1. The van der Waals surface area contributed by atoms with Crippen molar-refractivity contribution in [3.8, 4) is 5.75 Å². The van der Waals surface area contributed by atoms with E-state index < -0.39 is 11.8 Å². The van der Waals surface area contributed by atoms with Gasteiger partial charge in [0.2, 0.25) is 0 Å². The molecule has 2 N–H and O–H groups in total. The molecule has 3 nitrogen and oxygen atoms in total. The van der Waals surface area contributed by atoms with Gasteiger partial charge >= 0.3 is 5.97 Å². The zero-order valence-electron chi connectivity index (χ0n) is 14.0. The number of carboxylic acids is 1. The lowest BCUT2D eigenvalue weighted by Crippen LogP contribution is -1.99. The molecule has 0 atom stereocenters. The van der Waals surface area contributed by atoms with Gasteiger partial charge in [-0.1, -0.05) is 36.6 Å². The van der Waals surface area contributed by atoms with E-state index in [0.717, 1.165) is 42.4 Å². The van der Waals surface area contributed by atoms with Crippen LogP contribution in [-0.4, -0.2) is 16.2 Å². The minimum Gasteiger partial charge on any atom is -0.505 e. The van der Waals surface area contributed by atoms with E-state index >= 15 is 0 Å². The van der Waals surface area contributed by atoms with Crippen molar-refractivity contribution in [2.45, 2.75) is 38.5 Å². The molecule has 0 aromatic heterocycles. The molecule has 0 heterocycles. The van der Waals surface area contributed by atoms with Crippen LogP contribution in [0.25, 0.3) is 5.57 Å². The molecule has 0 aliphatic heterocycles. The zero-order chi connectivity index (χ0) is 17.8. The lowest BCUT2D eigenvalue weighted by atomic mass is 9.89. The molecular weight excluding hydrogens is 319 g/mol. The van der Waals surface area contributed by atoms with Crippen molar-refractivity contribution in [2.75, 3.05) is 0 Å². The highest BCUT2D eigenvalue weighted by Crippen LogP contribution is 2.35. The number of hydrogen-bond donors (Lipinski definition) is 2. The van der Waals surface area contributed by atoms with Crippen molar-refractivity contribution in [1.82, 2.24) is 0 Å². The number of phenols is 1. The van der Waals surface area contributed by atoms with Crippen LogP contribution in [0.3, 0.4) is 0 Å². The summed E-state index contributed by atoms with van der Waals surface area (Å²) in [5.74, 6) is -1.98. The minimum absolute atomic E-state index is 0.228. The Morgan fingerprint density at radius 2 is 1.40 bits per heavy atom. The summed E-state index contributed by atoms with van der Waals surface area (Å²) >= 11 is 0. The Hall–Kier alpha value is -2.62. The van der Waals surface area contributed by atoms with Crippen molar-refractivity contribution < 1.29 is 19.4 Å². The van der Waals surface area contributed by atoms with Gasteiger partial charge in [0, 0.05) is 0 Å². The van der Waals surface area contributed by atoms with Crippen molar-refractivity contribution >= 4 is 11.5 Å². The SMILES string of the molecule is O=C(O)c1ccc(C(=C2CCCCCC2)c2ccc(O)c(F)c2)cc1. The molecule has 0 radical (unpaired) electrons. The Balaban J connectivity index is 2.12. The Labute approximate surface area is 146 Å². The summed E-state index contributed by atoms with van der Waals surface area (Å²) < 4.78 is 13.9. The van der Waals surface area contributed by atoms with Crippen LogP contribution < -0.4 is 0 Å². The largest absolute Gasteiger partial charge is 0.505 e. The molecule has 0 amide bonds. The summed E-state index contributed by atoms with van der Waals surface area (Å²) in [4.78, 5) is 11.1. The molecule has 4 heteroatoms. The second kappa shape index (κ2) is 7.51. The standard InChI is InChI=1S/C21H21FO3/c22-18-13-17(11-12-19(18)23)20(14-5-3-1-2-4-6-14)15-7-9-16(10-8-15)21(24)25/h7-13,23H,1-6H2,(H,24,25). The van der Waals surface area contributed by atoms with Gasteiger partial charge in [-0.05, 0) is 66.6 Å². The summed E-state index contributed by atoms with van der Waals surface area (Å²) in [6, 6.07) is 11.2. The van der Waals surface area contributed by atoms with Crippen LogP contribution in [0.2, 0.25) is 0 Å². The van der Waals surface area contributed by atoms with Crippen molar-refractivity contribution in [3.05, 3.63) is 70.5 Å². The number of aromatic carboxylic acids is 1. The summed E-state index contributed by atoms with van der Waals surface area (Å²) in [7, 11) is 0. The van der Waals surface area contributed by atoms with Gasteiger partial charge in [-0.15, -0.1) is 0 Å². The monoisotopic (exact) mass is 340 g/mol. The number of hydrogen-bond acceptors (Lipinski definition) is 2. The van der Waals surface area contributed by atoms with Crippen LogP contribution in [0.4, 0.5) is 4.39 Å². The second-order valence-electron chi connectivity index (χ2n) is 6.44. The Kier molecular flexibility index (Phi) is 5.17. The summed E-state index contributed by atoms with van der Waals surface area (Å²) in [5.41, 5.74) is 4.05. The van der Waals surface area contributed by atoms with Gasteiger partial charge in [0.1, 0.15) is 0 Å². The van der Waals surface area contributed by atoms with Crippen LogP contribution in [0.15, 0.2) is 48.0 Å². The molecule has 25 heavy (non-hydrogen) atoms. The molecule has 0 spiro atoms. The predicted octanol–water partition coefficient (Wildman–Crippen LogP) is 5.39. The Morgan fingerprint density at radius 1 is 0.840 bits per heavy atom. The van der Waals surface area contributed by atoms with Crippen LogP contribution in [-0.2, 0) is 0 Å². The second-order valence-corrected chi connectivity index (χ2v) is 6.44. The number of phenolic OH excluding ortho intramolecular Hbond substituents is 1. The maximum atomic E-state index is 13.9. The van der Waals surface area contributed by atoms with Crippen LogP contribution in [0.5, 0.6) is 5.75 Å². The van der Waals surface area contributed by atoms with Gasteiger partial charge < -0.3 is 10.2 Å². The highest BCUT2D eigenvalue weighted by molar-refractivity contribution is 5.89. The number of allylic oxidation sites excluding steroid dienone is 1. The molecule has 0 unspecified atom stereocenters. The van der Waals surface area contributed by atoms with E-state index in [9.17, 15) is 14.3 Å². The third-order valence-electron chi connectivity index (χ3n) is 4.72. The molecule has 1 saturated carbocycles. The molecule has 1 fully saturated rings. The van der Waals surface area contributed by atoms with Crippen LogP contribution in [0.1, 0.15) is 60.0 Å². The first-order chi connectivity index (χ1) is 12.1. The lowest BCUT2D eigenvalue weighted by molar-refractivity contribution is 0.0697. The van der Waals surface area contributed by atoms with E-state index in [2.05, 4.69) is 0 Å². The van der Waals surface area contributed by atoms with Gasteiger partial charge in [-0.2, -0.15) is 0 Å². The number of carbonyl (C=O) groups is 1. The van der Waals surface area contributed by atoms with E-state index in [4.69, 9.17) is 5.11 Å². The molecule has 1 aliphatic carbocycles. The van der Waals surface area contributed by atoms with E-state index in [1.165, 1.54) is 30.5 Å². The van der Waals surface area contributed by atoms with Gasteiger partial charge in [0.15, 0.2) is 11.6 Å². The highest BCUT2D eigenvalue weighted by atomic mass is 19.1. The van der Waals surface area contributed by atoms with Crippen molar-refractivity contribution in [2.24, 2.45) is 0 Å². The smallest absolute Gasteiger partial charge is 0.335 e. The topological polar surface area (TPSA) is 57.5 Å². The summed E-state index contributed by atoms with van der Waals surface area (Å²) in [5, 5.41) is 18.6. The van der Waals surface area contributed by atoms with E-state index in [-0.39, 0.29) is 11.3 Å². The maximum Gasteiger partial charge on any atom is 0.335 e. The molecule has 1 aliphatic rings. The molecule has 130 valence electrons. The summed E-state index contributed by atoms with van der Waals surface area (Å²) in [6.07, 6.45) is 6.51. The van der Waals surface area contributed by atoms with E-state index in [1.54, 1.807) is 30.3 Å². The van der Waals surface area contributed by atoms with Crippen LogP contribution >= 0.6 is 0 Å². The molecular formula is C21H21FO3. The van der Waals surface area contributed by atoms with E-state index in [0.29, 0.717) is 0 Å². The molecule has 0 saturated heterocycles. The fourth-order valence-electron chi connectivity index (χ4n) is 3.42. The fourth-order valence-corrected chi connectivity index (χ4v) is 3.42. The molecule has 0 bridgehead atoms. The number of halogens is 1. The molecule has 3 rings (SSSR count). The maximum absolute atomic E-state index is 13.9. The molecule has 2 aromatic carbocycles. The minimum atomic E-state index is -0.967. The third kappa shape index (κ3) is 3.90. The van der Waals surface area contributed by atoms with E-state index in [1.807, 2.05) is 0 Å². The van der Waals surface area contributed by atoms with Gasteiger partial charge in [-0.3, -0.25) is 0 Å². The number of benzene rings is 2. The van der Waals surface area contributed by atoms with Crippen LogP contribution in [0, 0.1) is 5.82 Å². The summed E-state index contributed by atoms with van der Waals surface area (Å²) in [6.45, 7) is 0. The zero-order valence-corrected chi connectivity index (χ0v) is 14.0. The normalized spacial score (nSPS) is 14.8. The highest BCUT2D eigenvalue weighted by Gasteiger charge is 2.16. The molecule has 2 aromatic rings.